The molecule has 0 radical (unpaired) electrons. The zero-order valence-electron chi connectivity index (χ0n) is 6.86. The number of nitrogens with zero attached hydrogens (tertiary/aromatic N) is 1. The predicted octanol–water partition coefficient (Wildman–Crippen LogP) is 1.72. The minimum Gasteiger partial charge on any atom is -0.250 e. The summed E-state index contributed by atoms with van der Waals surface area (Å²) in [5.74, 6) is -0.448. The van der Waals surface area contributed by atoms with E-state index < -0.39 is 16.0 Å². The number of aromatic nitrogens is 1. The van der Waals surface area contributed by atoms with Crippen LogP contribution in [0.2, 0.25) is 0 Å². The molecule has 0 aromatic carbocycles. The fourth-order valence-corrected chi connectivity index (χ4v) is 2.14. The molecule has 1 rings (SSSR count). The molecule has 0 aliphatic heterocycles. The van der Waals surface area contributed by atoms with Gasteiger partial charge < -0.3 is 0 Å². The van der Waals surface area contributed by atoms with Crippen LogP contribution in [0.5, 0.6) is 0 Å². The molecule has 0 bridgehead atoms. The van der Waals surface area contributed by atoms with E-state index >= 15 is 0 Å². The van der Waals surface area contributed by atoms with Crippen LogP contribution in [0.15, 0.2) is 5.51 Å². The van der Waals surface area contributed by atoms with Crippen LogP contribution in [0.4, 0.5) is 3.89 Å². The van der Waals surface area contributed by atoms with E-state index in [2.05, 4.69) is 4.98 Å². The molecule has 13 heavy (non-hydrogen) atoms. The van der Waals surface area contributed by atoms with Crippen LogP contribution >= 0.6 is 23.7 Å². The van der Waals surface area contributed by atoms with Crippen LogP contribution in [-0.4, -0.2) is 19.2 Å². The molecule has 0 fully saturated rings. The molecule has 7 heteroatoms. The average molecular weight is 246 g/mol. The molecule has 3 nitrogen and oxygen atoms in total. The van der Waals surface area contributed by atoms with Gasteiger partial charge in [0.1, 0.15) is 0 Å². The van der Waals surface area contributed by atoms with E-state index in [4.69, 9.17) is 0 Å². The van der Waals surface area contributed by atoms with E-state index in [0.717, 1.165) is 10.6 Å². The number of halogens is 2. The van der Waals surface area contributed by atoms with Gasteiger partial charge >= 0.3 is 10.2 Å². The van der Waals surface area contributed by atoms with Crippen molar-refractivity contribution in [2.45, 2.75) is 13.3 Å². The van der Waals surface area contributed by atoms with Crippen LogP contribution in [0.25, 0.3) is 0 Å². The summed E-state index contributed by atoms with van der Waals surface area (Å²) < 4.78 is 32.4. The van der Waals surface area contributed by atoms with Gasteiger partial charge in [0.25, 0.3) is 0 Å². The van der Waals surface area contributed by atoms with Crippen molar-refractivity contribution in [1.29, 1.82) is 0 Å². The van der Waals surface area contributed by atoms with Crippen LogP contribution in [0.3, 0.4) is 0 Å². The predicted molar refractivity (Wildman–Crippen MR) is 52.7 cm³/mol. The molecule has 0 atom stereocenters. The molecule has 0 aliphatic carbocycles. The summed E-state index contributed by atoms with van der Waals surface area (Å²) >= 11 is 1.35. The first-order valence-electron chi connectivity index (χ1n) is 3.30. The van der Waals surface area contributed by atoms with Crippen molar-refractivity contribution in [2.24, 2.45) is 0 Å². The molecule has 0 spiro atoms. The Morgan fingerprint density at radius 1 is 1.62 bits per heavy atom. The van der Waals surface area contributed by atoms with Gasteiger partial charge in [-0.1, -0.05) is 0 Å². The van der Waals surface area contributed by atoms with Crippen molar-refractivity contribution in [3.8, 4) is 0 Å². The molecule has 0 amide bonds. The molecular formula is C6H9ClFNO2S2. The number of rotatable bonds is 3. The highest BCUT2D eigenvalue weighted by Gasteiger charge is 2.09. The van der Waals surface area contributed by atoms with Gasteiger partial charge in [-0.15, -0.1) is 27.6 Å². The molecular weight excluding hydrogens is 237 g/mol. The van der Waals surface area contributed by atoms with Crippen molar-refractivity contribution in [1.82, 2.24) is 4.98 Å². The lowest BCUT2D eigenvalue weighted by Gasteiger charge is -1.93. The summed E-state index contributed by atoms with van der Waals surface area (Å²) in [6.07, 6.45) is 0.218. The van der Waals surface area contributed by atoms with Gasteiger partial charge in [-0.2, -0.15) is 8.42 Å². The second-order valence-corrected chi connectivity index (χ2v) is 4.78. The Morgan fingerprint density at radius 3 is 2.62 bits per heavy atom. The van der Waals surface area contributed by atoms with E-state index in [1.54, 1.807) is 12.4 Å². The first-order valence-corrected chi connectivity index (χ1v) is 5.73. The van der Waals surface area contributed by atoms with Crippen LogP contribution in [0.1, 0.15) is 10.6 Å². The zero-order chi connectivity index (χ0) is 9.19. The van der Waals surface area contributed by atoms with Gasteiger partial charge in [-0.3, -0.25) is 0 Å². The molecule has 1 aromatic heterocycles. The summed E-state index contributed by atoms with van der Waals surface area (Å²) in [6, 6.07) is 0. The zero-order valence-corrected chi connectivity index (χ0v) is 9.31. The Morgan fingerprint density at radius 2 is 2.23 bits per heavy atom. The van der Waals surface area contributed by atoms with Gasteiger partial charge in [0.05, 0.1) is 17.0 Å². The summed E-state index contributed by atoms with van der Waals surface area (Å²) in [6.45, 7) is 1.77. The Labute approximate surface area is 86.6 Å². The maximum atomic E-state index is 12.1. The highest BCUT2D eigenvalue weighted by molar-refractivity contribution is 7.86. The molecule has 0 saturated carbocycles. The fraction of sp³-hybridized carbons (Fsp3) is 0.500. The molecule has 0 unspecified atom stereocenters. The van der Waals surface area contributed by atoms with Crippen LogP contribution in [0, 0.1) is 6.92 Å². The highest BCUT2D eigenvalue weighted by Crippen LogP contribution is 2.13. The molecule has 0 aliphatic rings. The normalized spacial score (nSPS) is 10.9. The highest BCUT2D eigenvalue weighted by atomic mass is 35.5. The lowest BCUT2D eigenvalue weighted by atomic mass is 10.3. The van der Waals surface area contributed by atoms with E-state index in [9.17, 15) is 12.3 Å². The molecule has 0 N–H and O–H groups in total. The van der Waals surface area contributed by atoms with Crippen molar-refractivity contribution in [3.63, 3.8) is 0 Å². The Kier molecular flexibility index (Phi) is 4.80. The smallest absolute Gasteiger partial charge is 0.250 e. The lowest BCUT2D eigenvalue weighted by Crippen LogP contribution is -2.01. The third kappa shape index (κ3) is 4.54. The van der Waals surface area contributed by atoms with Crippen molar-refractivity contribution < 1.29 is 12.3 Å². The van der Waals surface area contributed by atoms with Crippen LogP contribution in [-0.2, 0) is 16.6 Å². The van der Waals surface area contributed by atoms with Gasteiger partial charge in [-0.25, -0.2) is 4.98 Å². The van der Waals surface area contributed by atoms with E-state index in [1.807, 2.05) is 0 Å². The van der Waals surface area contributed by atoms with E-state index in [1.165, 1.54) is 11.3 Å². The number of aryl methyl sites for hydroxylation is 2. The third-order valence-corrected chi connectivity index (χ3v) is 3.10. The number of hydrogen-bond donors (Lipinski definition) is 0. The van der Waals surface area contributed by atoms with Crippen molar-refractivity contribution in [3.05, 3.63) is 16.1 Å². The third-order valence-electron chi connectivity index (χ3n) is 1.42. The Bertz CT molecular complexity index is 362. The van der Waals surface area contributed by atoms with Gasteiger partial charge in [0.2, 0.25) is 0 Å². The number of thiazole rings is 1. The summed E-state index contributed by atoms with van der Waals surface area (Å²) in [5.41, 5.74) is 2.40. The second kappa shape index (κ2) is 4.88. The van der Waals surface area contributed by atoms with Gasteiger partial charge in [0.15, 0.2) is 0 Å². The SMILES string of the molecule is Cc1ncsc1CCS(=O)(=O)F.Cl. The second-order valence-electron chi connectivity index (χ2n) is 2.35. The fourth-order valence-electron chi connectivity index (χ4n) is 0.781. The van der Waals surface area contributed by atoms with Gasteiger partial charge in [-0.05, 0) is 6.92 Å². The first kappa shape index (κ1) is 12.8. The van der Waals surface area contributed by atoms with Crippen molar-refractivity contribution in [2.75, 3.05) is 5.75 Å². The maximum absolute atomic E-state index is 12.1. The first-order chi connectivity index (χ1) is 5.49. The standard InChI is InChI=1S/C6H8FNO2S2.ClH/c1-5-6(11-4-8-5)2-3-12(7,9)10;/h4H,2-3H2,1H3;1H. The lowest BCUT2D eigenvalue weighted by molar-refractivity contribution is 0.551. The average Bonchev–Trinajstić information content (AvgIpc) is 2.29. The summed E-state index contributed by atoms with van der Waals surface area (Å²) in [7, 11) is -4.34. The molecule has 0 saturated heterocycles. The molecule has 76 valence electrons. The summed E-state index contributed by atoms with van der Waals surface area (Å²) in [5, 5.41) is 0. The van der Waals surface area contributed by atoms with Crippen molar-refractivity contribution >= 4 is 34.0 Å². The Balaban J connectivity index is 0.00000144. The minimum absolute atomic E-state index is 0. The topological polar surface area (TPSA) is 47.0 Å². The minimum atomic E-state index is -4.34. The monoisotopic (exact) mass is 245 g/mol. The molecule has 1 aromatic rings. The number of hydrogen-bond acceptors (Lipinski definition) is 4. The Hall–Kier alpha value is -0.200. The van der Waals surface area contributed by atoms with E-state index in [0.29, 0.717) is 0 Å². The quantitative estimate of drug-likeness (QED) is 0.762. The van der Waals surface area contributed by atoms with E-state index in [-0.39, 0.29) is 18.8 Å². The largest absolute Gasteiger partial charge is 0.302 e. The summed E-state index contributed by atoms with van der Waals surface area (Å²) in [4.78, 5) is 4.75. The molecule has 1 heterocycles. The van der Waals surface area contributed by atoms with Crippen LogP contribution < -0.4 is 0 Å². The maximum Gasteiger partial charge on any atom is 0.302 e. The van der Waals surface area contributed by atoms with Gasteiger partial charge in [0, 0.05) is 11.3 Å².